The second-order valence-corrected chi connectivity index (χ2v) is 1.41. The van der Waals surface area contributed by atoms with Crippen LogP contribution in [0.25, 0.3) is 0 Å². The molecule has 0 fully saturated rings. The van der Waals surface area contributed by atoms with Crippen molar-refractivity contribution in [3.8, 4) is 0 Å². The molecule has 1 atom stereocenters. The first-order chi connectivity index (χ1) is 3.55. The quantitative estimate of drug-likeness (QED) is 0.425. The molecule has 0 spiro atoms. The molecule has 2 heteroatoms. The molecule has 0 aliphatic carbocycles. The standard InChI is InChI=1S/C6H9B.Y/c1-4-5(2)6(3)7;/h1,3-4H2,2H3;/q-2;/i4D;. The van der Waals surface area contributed by atoms with Crippen LogP contribution < -0.4 is 0 Å². The van der Waals surface area contributed by atoms with Crippen molar-refractivity contribution < 1.29 is 34.1 Å². The summed E-state index contributed by atoms with van der Waals surface area (Å²) in [7, 11) is 5.25. The monoisotopic (exact) mass is 182 g/mol. The van der Waals surface area contributed by atoms with Crippen molar-refractivity contribution in [2.24, 2.45) is 0 Å². The Kier molecular flexibility index (Phi) is 6.48. The van der Waals surface area contributed by atoms with Crippen LogP contribution in [0.2, 0.25) is 0 Å². The molecule has 0 aromatic carbocycles. The van der Waals surface area contributed by atoms with Crippen LogP contribution in [0.4, 0.5) is 0 Å². The number of hydrogen-bond donors (Lipinski definition) is 0. The molecule has 0 nitrogen and oxygen atoms in total. The second kappa shape index (κ2) is 5.91. The van der Waals surface area contributed by atoms with Crippen molar-refractivity contribution in [3.63, 3.8) is 0 Å². The first-order valence-electron chi connectivity index (χ1n) is 2.67. The fourth-order valence-corrected chi connectivity index (χ4v) is 0.131. The Morgan fingerprint density at radius 1 is 1.88 bits per heavy atom. The van der Waals surface area contributed by atoms with Gasteiger partial charge in [-0.1, -0.05) is 0 Å². The third kappa shape index (κ3) is 4.93. The molecular weight excluding hydrogens is 172 g/mol. The summed E-state index contributed by atoms with van der Waals surface area (Å²) in [5, 5.41) is 0. The van der Waals surface area contributed by atoms with E-state index in [-0.39, 0.29) is 32.7 Å². The molecule has 0 aromatic heterocycles. The zero-order chi connectivity index (χ0) is 6.73. The molecule has 0 bridgehead atoms. The van der Waals surface area contributed by atoms with E-state index in [1.807, 2.05) is 0 Å². The van der Waals surface area contributed by atoms with Crippen molar-refractivity contribution in [1.82, 2.24) is 0 Å². The molecule has 41 valence electrons. The zero-order valence-electron chi connectivity index (χ0n) is 6.15. The van der Waals surface area contributed by atoms with E-state index >= 15 is 0 Å². The zero-order valence-corrected chi connectivity index (χ0v) is 7.98. The second-order valence-electron chi connectivity index (χ2n) is 1.41. The Hall–Kier alpha value is 0.779. The van der Waals surface area contributed by atoms with Gasteiger partial charge in [-0.15, -0.1) is 6.92 Å². The first kappa shape index (κ1) is 8.78. The summed E-state index contributed by atoms with van der Waals surface area (Å²) >= 11 is 0. The predicted octanol–water partition coefficient (Wildman–Crippen LogP) is 1.48. The van der Waals surface area contributed by atoms with E-state index in [0.717, 1.165) is 5.57 Å². The smallest absolute Gasteiger partial charge is 0.0641 e. The van der Waals surface area contributed by atoms with Gasteiger partial charge in [0.05, 0.1) is 7.85 Å². The molecule has 0 saturated carbocycles. The van der Waals surface area contributed by atoms with E-state index in [4.69, 9.17) is 9.22 Å². The van der Waals surface area contributed by atoms with Gasteiger partial charge in [-0.2, -0.15) is 0 Å². The van der Waals surface area contributed by atoms with E-state index in [1.54, 1.807) is 6.92 Å². The van der Waals surface area contributed by atoms with Gasteiger partial charge in [0.25, 0.3) is 0 Å². The largest absolute Gasteiger partial charge is 0.356 e. The molecule has 0 heterocycles. The van der Waals surface area contributed by atoms with Crippen LogP contribution >= 0.6 is 0 Å². The summed E-state index contributed by atoms with van der Waals surface area (Å²) in [4.78, 5) is 0. The Morgan fingerprint density at radius 2 is 2.25 bits per heavy atom. The maximum absolute atomic E-state index is 7.03. The van der Waals surface area contributed by atoms with Crippen LogP contribution in [0.5, 0.6) is 0 Å². The maximum atomic E-state index is 7.03. The van der Waals surface area contributed by atoms with Crippen molar-refractivity contribution in [2.45, 2.75) is 13.3 Å². The van der Waals surface area contributed by atoms with Crippen LogP contribution in [-0.4, -0.2) is 7.85 Å². The summed E-state index contributed by atoms with van der Waals surface area (Å²) in [5.74, 6) is 0. The van der Waals surface area contributed by atoms with Gasteiger partial charge in [-0.25, -0.2) is 6.40 Å². The molecule has 0 saturated heterocycles. The van der Waals surface area contributed by atoms with Crippen LogP contribution in [0.1, 0.15) is 14.7 Å². The Morgan fingerprint density at radius 3 is 2.25 bits per heavy atom. The van der Waals surface area contributed by atoms with E-state index in [2.05, 4.69) is 13.8 Å². The van der Waals surface area contributed by atoms with Gasteiger partial charge in [0, 0.05) is 32.7 Å². The molecule has 0 N–H and O–H groups in total. The molecule has 8 heavy (non-hydrogen) atoms. The summed E-state index contributed by atoms with van der Waals surface area (Å²) in [5.41, 5.74) is 1.20. The van der Waals surface area contributed by atoms with Crippen molar-refractivity contribution in [1.29, 1.82) is 0 Å². The third-order valence-corrected chi connectivity index (χ3v) is 0.813. The normalized spacial score (nSPS) is 17.5. The van der Waals surface area contributed by atoms with E-state index in [1.165, 1.54) is 0 Å². The molecule has 1 unspecified atom stereocenters. The molecule has 0 aromatic rings. The van der Waals surface area contributed by atoms with Gasteiger partial charge < -0.3 is 6.92 Å². The molecular formula is C6H9BY-2. The topological polar surface area (TPSA) is 0 Å². The molecule has 0 rings (SSSR count). The minimum Gasteiger partial charge on any atom is -0.356 e. The minimum absolute atomic E-state index is 0. The van der Waals surface area contributed by atoms with Crippen LogP contribution in [-0.2, 0) is 32.7 Å². The summed E-state index contributed by atoms with van der Waals surface area (Å²) in [6.07, 6.45) is -0.465. The Balaban J connectivity index is 0. The molecule has 3 radical (unpaired) electrons. The van der Waals surface area contributed by atoms with Gasteiger partial charge in [-0.3, -0.25) is 18.0 Å². The predicted molar refractivity (Wildman–Crippen MR) is 33.8 cm³/mol. The molecule has 0 aliphatic rings. The molecule has 0 aliphatic heterocycles. The minimum atomic E-state index is -0.465. The average Bonchev–Trinajstić information content (AvgIpc) is 1.64. The van der Waals surface area contributed by atoms with Crippen molar-refractivity contribution in [2.75, 3.05) is 0 Å². The molecule has 0 amide bonds. The Labute approximate surface area is 79.8 Å². The summed E-state index contributed by atoms with van der Waals surface area (Å²) < 4.78 is 7.03. The average molecular weight is 182 g/mol. The first-order valence-corrected chi connectivity index (χ1v) is 2.09. The Bertz CT molecular complexity index is 106. The van der Waals surface area contributed by atoms with Gasteiger partial charge in [-0.05, 0) is 1.37 Å². The number of hydrogen-bond acceptors (Lipinski definition) is 0. The SMILES string of the molecule is [2H]C([CH2-])C(C)=C([B])[CH2-].[Y]. The fraction of sp³-hybridized carbons (Fsp3) is 0.333. The van der Waals surface area contributed by atoms with E-state index in [9.17, 15) is 0 Å². The van der Waals surface area contributed by atoms with Gasteiger partial charge in [0.1, 0.15) is 0 Å². The summed E-state index contributed by atoms with van der Waals surface area (Å²) in [6, 6.07) is 0. The van der Waals surface area contributed by atoms with E-state index in [0.29, 0.717) is 5.47 Å². The third-order valence-electron chi connectivity index (χ3n) is 0.813. The van der Waals surface area contributed by atoms with Crippen LogP contribution in [0.3, 0.4) is 0 Å². The maximum Gasteiger partial charge on any atom is 0.0641 e. The van der Waals surface area contributed by atoms with Gasteiger partial charge in [0.2, 0.25) is 0 Å². The van der Waals surface area contributed by atoms with E-state index < -0.39 is 6.40 Å². The van der Waals surface area contributed by atoms with Crippen molar-refractivity contribution in [3.05, 3.63) is 24.9 Å². The van der Waals surface area contributed by atoms with Crippen LogP contribution in [0, 0.1) is 13.8 Å². The van der Waals surface area contributed by atoms with Crippen molar-refractivity contribution >= 4 is 7.85 Å². The number of rotatable bonds is 1. The fourth-order valence-electron chi connectivity index (χ4n) is 0.131. The van der Waals surface area contributed by atoms with Crippen LogP contribution in [0.15, 0.2) is 11.0 Å². The van der Waals surface area contributed by atoms with Gasteiger partial charge in [0.15, 0.2) is 0 Å². The number of allylic oxidation sites excluding steroid dienone is 2. The van der Waals surface area contributed by atoms with Gasteiger partial charge >= 0.3 is 0 Å². The summed E-state index contributed by atoms with van der Waals surface area (Å²) in [6.45, 7) is 8.66.